The number of nitrogens with two attached hydrogens (primary N) is 1. The van der Waals surface area contributed by atoms with Crippen LogP contribution in [0.25, 0.3) is 5.69 Å². The summed E-state index contributed by atoms with van der Waals surface area (Å²) >= 11 is 0. The van der Waals surface area contributed by atoms with Crippen LogP contribution in [0.5, 0.6) is 0 Å². The fourth-order valence-electron chi connectivity index (χ4n) is 2.29. The van der Waals surface area contributed by atoms with E-state index in [-0.39, 0.29) is 5.69 Å². The minimum Gasteiger partial charge on any atom is -0.396 e. The van der Waals surface area contributed by atoms with Crippen molar-refractivity contribution in [1.82, 2.24) is 14.8 Å². The standard InChI is InChI=1S/C17H17FN4/c1-2-13-11-15(5-7-20-13)22-8-6-14(21-22)9-12-3-4-17(19)16(18)10-12/h3-8,10-11H,2,9,19H2,1H3. The lowest BCUT2D eigenvalue weighted by Crippen LogP contribution is -1.99. The van der Waals surface area contributed by atoms with Gasteiger partial charge in [0.05, 0.1) is 17.1 Å². The number of anilines is 1. The van der Waals surface area contributed by atoms with Crippen molar-refractivity contribution >= 4 is 5.69 Å². The predicted molar refractivity (Wildman–Crippen MR) is 84.4 cm³/mol. The van der Waals surface area contributed by atoms with E-state index in [1.54, 1.807) is 12.3 Å². The van der Waals surface area contributed by atoms with Crippen LogP contribution in [-0.2, 0) is 12.8 Å². The molecule has 0 aliphatic rings. The molecule has 4 nitrogen and oxygen atoms in total. The minimum atomic E-state index is -0.390. The summed E-state index contributed by atoms with van der Waals surface area (Å²) in [5.41, 5.74) is 9.37. The lowest BCUT2D eigenvalue weighted by atomic mass is 10.1. The number of hydrogen-bond acceptors (Lipinski definition) is 3. The zero-order chi connectivity index (χ0) is 15.5. The summed E-state index contributed by atoms with van der Waals surface area (Å²) in [6, 6.07) is 10.7. The second kappa shape index (κ2) is 5.97. The van der Waals surface area contributed by atoms with Gasteiger partial charge >= 0.3 is 0 Å². The second-order valence-electron chi connectivity index (χ2n) is 5.14. The van der Waals surface area contributed by atoms with Gasteiger partial charge in [-0.1, -0.05) is 13.0 Å². The van der Waals surface area contributed by atoms with Crippen molar-refractivity contribution in [2.75, 3.05) is 5.73 Å². The van der Waals surface area contributed by atoms with E-state index in [4.69, 9.17) is 5.73 Å². The first-order valence-electron chi connectivity index (χ1n) is 7.19. The third kappa shape index (κ3) is 2.98. The van der Waals surface area contributed by atoms with E-state index >= 15 is 0 Å². The quantitative estimate of drug-likeness (QED) is 0.752. The number of aryl methyl sites for hydroxylation is 1. The molecule has 2 heterocycles. The zero-order valence-corrected chi connectivity index (χ0v) is 12.3. The van der Waals surface area contributed by atoms with Gasteiger partial charge in [-0.05, 0) is 42.3 Å². The van der Waals surface area contributed by atoms with Crippen LogP contribution in [0.2, 0.25) is 0 Å². The third-order valence-corrected chi connectivity index (χ3v) is 3.52. The number of hydrogen-bond donors (Lipinski definition) is 1. The Labute approximate surface area is 128 Å². The van der Waals surface area contributed by atoms with Gasteiger partial charge in [0.15, 0.2) is 0 Å². The molecule has 0 atom stereocenters. The number of rotatable bonds is 4. The average Bonchev–Trinajstić information content (AvgIpc) is 2.99. The Morgan fingerprint density at radius 3 is 2.77 bits per heavy atom. The molecule has 1 aromatic carbocycles. The Hall–Kier alpha value is -2.69. The number of nitrogen functional groups attached to an aromatic ring is 1. The zero-order valence-electron chi connectivity index (χ0n) is 12.3. The van der Waals surface area contributed by atoms with E-state index in [2.05, 4.69) is 17.0 Å². The van der Waals surface area contributed by atoms with Gasteiger partial charge in [-0.3, -0.25) is 4.98 Å². The Bertz CT molecular complexity index is 795. The van der Waals surface area contributed by atoms with Gasteiger partial charge < -0.3 is 5.73 Å². The monoisotopic (exact) mass is 296 g/mol. The summed E-state index contributed by atoms with van der Waals surface area (Å²) in [6.45, 7) is 2.07. The summed E-state index contributed by atoms with van der Waals surface area (Å²) < 4.78 is 15.3. The molecule has 3 aromatic rings. The Kier molecular flexibility index (Phi) is 3.87. The van der Waals surface area contributed by atoms with E-state index in [0.29, 0.717) is 6.42 Å². The smallest absolute Gasteiger partial charge is 0.146 e. The molecule has 0 amide bonds. The number of halogens is 1. The maximum Gasteiger partial charge on any atom is 0.146 e. The van der Waals surface area contributed by atoms with Gasteiger partial charge in [0.25, 0.3) is 0 Å². The maximum atomic E-state index is 13.5. The van der Waals surface area contributed by atoms with Crippen molar-refractivity contribution in [2.45, 2.75) is 19.8 Å². The van der Waals surface area contributed by atoms with Crippen LogP contribution in [0.15, 0.2) is 48.8 Å². The van der Waals surface area contributed by atoms with E-state index in [0.717, 1.165) is 29.1 Å². The predicted octanol–water partition coefficient (Wildman–Crippen LogP) is 3.14. The summed E-state index contributed by atoms with van der Waals surface area (Å²) in [5.74, 6) is -0.390. The van der Waals surface area contributed by atoms with Gasteiger partial charge in [0.1, 0.15) is 5.82 Å². The summed E-state index contributed by atoms with van der Waals surface area (Å²) in [7, 11) is 0. The topological polar surface area (TPSA) is 56.7 Å². The molecule has 0 aliphatic heterocycles. The maximum absolute atomic E-state index is 13.5. The highest BCUT2D eigenvalue weighted by Gasteiger charge is 2.06. The number of pyridine rings is 1. The molecule has 0 saturated carbocycles. The van der Waals surface area contributed by atoms with E-state index in [1.807, 2.05) is 35.1 Å². The van der Waals surface area contributed by atoms with Crippen molar-refractivity contribution < 1.29 is 4.39 Å². The van der Waals surface area contributed by atoms with Crippen molar-refractivity contribution in [3.05, 3.63) is 71.6 Å². The van der Waals surface area contributed by atoms with E-state index < -0.39 is 5.82 Å². The molecule has 0 spiro atoms. The molecule has 0 aliphatic carbocycles. The molecular weight excluding hydrogens is 279 g/mol. The van der Waals surface area contributed by atoms with Gasteiger partial charge in [0, 0.05) is 24.5 Å². The van der Waals surface area contributed by atoms with Crippen LogP contribution in [0, 0.1) is 5.82 Å². The van der Waals surface area contributed by atoms with Gasteiger partial charge in [-0.25, -0.2) is 9.07 Å². The van der Waals surface area contributed by atoms with Gasteiger partial charge in [0.2, 0.25) is 0 Å². The van der Waals surface area contributed by atoms with Crippen LogP contribution in [-0.4, -0.2) is 14.8 Å². The fourth-order valence-corrected chi connectivity index (χ4v) is 2.29. The van der Waals surface area contributed by atoms with Crippen LogP contribution >= 0.6 is 0 Å². The summed E-state index contributed by atoms with van der Waals surface area (Å²) in [6.07, 6.45) is 5.13. The first-order valence-corrected chi connectivity index (χ1v) is 7.19. The Morgan fingerprint density at radius 2 is 2.00 bits per heavy atom. The molecule has 5 heteroatoms. The Morgan fingerprint density at radius 1 is 1.14 bits per heavy atom. The highest BCUT2D eigenvalue weighted by molar-refractivity contribution is 5.42. The van der Waals surface area contributed by atoms with E-state index in [9.17, 15) is 4.39 Å². The summed E-state index contributed by atoms with van der Waals surface area (Å²) in [5, 5.41) is 4.54. The van der Waals surface area contributed by atoms with Gasteiger partial charge in [-0.15, -0.1) is 0 Å². The van der Waals surface area contributed by atoms with Crippen molar-refractivity contribution in [3.63, 3.8) is 0 Å². The van der Waals surface area contributed by atoms with Crippen molar-refractivity contribution in [2.24, 2.45) is 0 Å². The normalized spacial score (nSPS) is 10.8. The van der Waals surface area contributed by atoms with Crippen LogP contribution in [0.3, 0.4) is 0 Å². The minimum absolute atomic E-state index is 0.165. The molecule has 0 saturated heterocycles. The number of nitrogens with zero attached hydrogens (tertiary/aromatic N) is 3. The lowest BCUT2D eigenvalue weighted by molar-refractivity contribution is 0.630. The molecule has 112 valence electrons. The van der Waals surface area contributed by atoms with Gasteiger partial charge in [-0.2, -0.15) is 5.10 Å². The number of aromatic nitrogens is 3. The SMILES string of the molecule is CCc1cc(-n2ccc(Cc3ccc(N)c(F)c3)n2)ccn1. The molecule has 2 N–H and O–H groups in total. The van der Waals surface area contributed by atoms with Crippen molar-refractivity contribution in [3.8, 4) is 5.69 Å². The third-order valence-electron chi connectivity index (χ3n) is 3.52. The number of benzene rings is 1. The lowest BCUT2D eigenvalue weighted by Gasteiger charge is -2.03. The first kappa shape index (κ1) is 14.3. The molecule has 0 unspecified atom stereocenters. The Balaban J connectivity index is 1.82. The van der Waals surface area contributed by atoms with E-state index in [1.165, 1.54) is 6.07 Å². The fraction of sp³-hybridized carbons (Fsp3) is 0.176. The molecule has 0 bridgehead atoms. The molecule has 0 radical (unpaired) electrons. The van der Waals surface area contributed by atoms with Crippen LogP contribution in [0.4, 0.5) is 10.1 Å². The van der Waals surface area contributed by atoms with Crippen LogP contribution in [0.1, 0.15) is 23.9 Å². The highest BCUT2D eigenvalue weighted by atomic mass is 19.1. The molecule has 22 heavy (non-hydrogen) atoms. The average molecular weight is 296 g/mol. The summed E-state index contributed by atoms with van der Waals surface area (Å²) in [4.78, 5) is 4.28. The molecular formula is C17H17FN4. The van der Waals surface area contributed by atoms with Crippen LogP contribution < -0.4 is 5.73 Å². The highest BCUT2D eigenvalue weighted by Crippen LogP contribution is 2.16. The van der Waals surface area contributed by atoms with Crippen molar-refractivity contribution in [1.29, 1.82) is 0 Å². The largest absolute Gasteiger partial charge is 0.396 e. The molecule has 3 rings (SSSR count). The molecule has 0 fully saturated rings. The first-order chi connectivity index (χ1) is 10.7. The second-order valence-corrected chi connectivity index (χ2v) is 5.14. The molecule has 2 aromatic heterocycles.